The third kappa shape index (κ3) is 2.99. The predicted octanol–water partition coefficient (Wildman–Crippen LogP) is 1.23. The molecule has 5 heteroatoms. The summed E-state index contributed by atoms with van der Waals surface area (Å²) in [5, 5.41) is 2.49. The molecule has 1 aromatic carbocycles. The molecule has 15 heavy (non-hydrogen) atoms. The highest BCUT2D eigenvalue weighted by molar-refractivity contribution is 7.80. The van der Waals surface area contributed by atoms with E-state index in [1.165, 1.54) is 18.2 Å². The number of benzene rings is 1. The number of carbonyl (C=O) groups excluding carboxylic acids is 1. The summed E-state index contributed by atoms with van der Waals surface area (Å²) < 4.78 is 13.2. The van der Waals surface area contributed by atoms with Gasteiger partial charge in [0, 0.05) is 0 Å². The number of hydrogen-bond acceptors (Lipinski definition) is 2. The molecule has 0 fully saturated rings. The molecule has 1 unspecified atom stereocenters. The van der Waals surface area contributed by atoms with E-state index in [1.807, 2.05) is 0 Å². The van der Waals surface area contributed by atoms with Crippen LogP contribution in [-0.4, -0.2) is 16.9 Å². The van der Waals surface area contributed by atoms with Crippen LogP contribution in [0.15, 0.2) is 24.3 Å². The van der Waals surface area contributed by atoms with Gasteiger partial charge in [-0.3, -0.25) is 4.79 Å². The van der Waals surface area contributed by atoms with Crippen LogP contribution >= 0.6 is 12.2 Å². The van der Waals surface area contributed by atoms with E-state index in [4.69, 9.17) is 5.73 Å². The molecule has 0 saturated carbocycles. The Morgan fingerprint density at radius 1 is 1.53 bits per heavy atom. The molecule has 1 aromatic rings. The molecule has 0 radical (unpaired) electrons. The first-order valence-corrected chi connectivity index (χ1v) is 4.78. The molecule has 1 rings (SSSR count). The highest BCUT2D eigenvalue weighted by Crippen LogP contribution is 2.06. The standard InChI is InChI=1S/C10H11FN2OS/c1-6(9(12)15)13-10(14)7-4-2-3-5-8(7)11/h2-6H,1H3,(H2,12,15)(H,13,14). The summed E-state index contributed by atoms with van der Waals surface area (Å²) in [6.45, 7) is 1.64. The fourth-order valence-electron chi connectivity index (χ4n) is 0.991. The fraction of sp³-hybridized carbons (Fsp3) is 0.200. The van der Waals surface area contributed by atoms with Gasteiger partial charge in [0.15, 0.2) is 0 Å². The second kappa shape index (κ2) is 4.84. The van der Waals surface area contributed by atoms with Gasteiger partial charge < -0.3 is 11.1 Å². The van der Waals surface area contributed by atoms with Crippen molar-refractivity contribution in [2.45, 2.75) is 13.0 Å². The topological polar surface area (TPSA) is 55.1 Å². The maximum absolute atomic E-state index is 13.2. The highest BCUT2D eigenvalue weighted by atomic mass is 32.1. The van der Waals surface area contributed by atoms with Gasteiger partial charge >= 0.3 is 0 Å². The van der Waals surface area contributed by atoms with Gasteiger partial charge in [-0.25, -0.2) is 4.39 Å². The quantitative estimate of drug-likeness (QED) is 0.762. The summed E-state index contributed by atoms with van der Waals surface area (Å²) in [4.78, 5) is 11.7. The van der Waals surface area contributed by atoms with Gasteiger partial charge in [0.05, 0.1) is 16.6 Å². The van der Waals surface area contributed by atoms with E-state index in [9.17, 15) is 9.18 Å². The molecular weight excluding hydrogens is 215 g/mol. The Hall–Kier alpha value is -1.49. The summed E-state index contributed by atoms with van der Waals surface area (Å²) in [5.74, 6) is -1.08. The van der Waals surface area contributed by atoms with Crippen molar-refractivity contribution in [2.24, 2.45) is 5.73 Å². The Morgan fingerprint density at radius 2 is 2.13 bits per heavy atom. The molecule has 0 aromatic heterocycles. The minimum Gasteiger partial charge on any atom is -0.392 e. The third-order valence-corrected chi connectivity index (χ3v) is 2.25. The Bertz CT molecular complexity index is 395. The van der Waals surface area contributed by atoms with E-state index < -0.39 is 17.8 Å². The highest BCUT2D eigenvalue weighted by Gasteiger charge is 2.14. The van der Waals surface area contributed by atoms with E-state index >= 15 is 0 Å². The number of rotatable bonds is 3. The molecule has 0 spiro atoms. The van der Waals surface area contributed by atoms with Gasteiger partial charge in [0.1, 0.15) is 5.82 Å². The molecule has 0 aliphatic carbocycles. The van der Waals surface area contributed by atoms with Crippen molar-refractivity contribution in [2.75, 3.05) is 0 Å². The van der Waals surface area contributed by atoms with Crippen LogP contribution in [0.25, 0.3) is 0 Å². The van der Waals surface area contributed by atoms with Gasteiger partial charge in [-0.05, 0) is 19.1 Å². The Morgan fingerprint density at radius 3 is 2.67 bits per heavy atom. The normalized spacial score (nSPS) is 11.9. The SMILES string of the molecule is CC(NC(=O)c1ccccc1F)C(N)=S. The zero-order valence-electron chi connectivity index (χ0n) is 8.16. The van der Waals surface area contributed by atoms with Crippen LogP contribution < -0.4 is 11.1 Å². The van der Waals surface area contributed by atoms with E-state index in [2.05, 4.69) is 17.5 Å². The number of thiocarbonyl (C=S) groups is 1. The number of carbonyl (C=O) groups is 1. The summed E-state index contributed by atoms with van der Waals surface area (Å²) in [6.07, 6.45) is 0. The number of amides is 1. The predicted molar refractivity (Wildman–Crippen MR) is 60.1 cm³/mol. The van der Waals surface area contributed by atoms with Crippen molar-refractivity contribution in [1.82, 2.24) is 5.32 Å². The van der Waals surface area contributed by atoms with Gasteiger partial charge in [-0.15, -0.1) is 0 Å². The Labute approximate surface area is 92.5 Å². The maximum Gasteiger partial charge on any atom is 0.254 e. The van der Waals surface area contributed by atoms with E-state index in [1.54, 1.807) is 13.0 Å². The van der Waals surface area contributed by atoms with Crippen molar-refractivity contribution in [3.8, 4) is 0 Å². The molecule has 0 aliphatic rings. The van der Waals surface area contributed by atoms with Crippen molar-refractivity contribution in [3.63, 3.8) is 0 Å². The largest absolute Gasteiger partial charge is 0.392 e. The van der Waals surface area contributed by atoms with Crippen LogP contribution in [0.3, 0.4) is 0 Å². The summed E-state index contributed by atoms with van der Waals surface area (Å²) in [5.41, 5.74) is 5.31. The molecule has 0 bridgehead atoms. The van der Waals surface area contributed by atoms with Gasteiger partial charge in [0.2, 0.25) is 0 Å². The van der Waals surface area contributed by atoms with E-state index in [0.29, 0.717) is 0 Å². The van der Waals surface area contributed by atoms with Crippen LogP contribution in [0.2, 0.25) is 0 Å². The van der Waals surface area contributed by atoms with Crippen LogP contribution in [-0.2, 0) is 0 Å². The van der Waals surface area contributed by atoms with Crippen LogP contribution in [0.5, 0.6) is 0 Å². The van der Waals surface area contributed by atoms with Crippen molar-refractivity contribution < 1.29 is 9.18 Å². The molecule has 3 nitrogen and oxygen atoms in total. The van der Waals surface area contributed by atoms with Crippen LogP contribution in [0.4, 0.5) is 4.39 Å². The van der Waals surface area contributed by atoms with Gasteiger partial charge in [-0.2, -0.15) is 0 Å². The lowest BCUT2D eigenvalue weighted by molar-refractivity contribution is 0.0945. The second-order valence-electron chi connectivity index (χ2n) is 3.08. The first-order valence-electron chi connectivity index (χ1n) is 4.37. The summed E-state index contributed by atoms with van der Waals surface area (Å²) in [6, 6.07) is 5.27. The molecule has 0 aliphatic heterocycles. The summed E-state index contributed by atoms with van der Waals surface area (Å²) in [7, 11) is 0. The lowest BCUT2D eigenvalue weighted by atomic mass is 10.2. The molecule has 0 heterocycles. The number of hydrogen-bond donors (Lipinski definition) is 2. The van der Waals surface area contributed by atoms with E-state index in [-0.39, 0.29) is 10.6 Å². The fourth-order valence-corrected chi connectivity index (χ4v) is 1.05. The molecule has 1 amide bonds. The second-order valence-corrected chi connectivity index (χ2v) is 3.55. The number of nitrogens with two attached hydrogens (primary N) is 1. The smallest absolute Gasteiger partial charge is 0.254 e. The molecule has 3 N–H and O–H groups in total. The van der Waals surface area contributed by atoms with Crippen molar-refractivity contribution in [1.29, 1.82) is 0 Å². The first-order chi connectivity index (χ1) is 7.02. The van der Waals surface area contributed by atoms with Crippen molar-refractivity contribution >= 4 is 23.1 Å². The maximum atomic E-state index is 13.2. The summed E-state index contributed by atoms with van der Waals surface area (Å²) >= 11 is 4.69. The molecular formula is C10H11FN2OS. The number of nitrogens with one attached hydrogen (secondary N) is 1. The van der Waals surface area contributed by atoms with E-state index in [0.717, 1.165) is 0 Å². The van der Waals surface area contributed by atoms with Crippen LogP contribution in [0, 0.1) is 5.82 Å². The Balaban J connectivity index is 2.78. The van der Waals surface area contributed by atoms with Crippen molar-refractivity contribution in [3.05, 3.63) is 35.6 Å². The molecule has 0 saturated heterocycles. The monoisotopic (exact) mass is 226 g/mol. The zero-order valence-corrected chi connectivity index (χ0v) is 8.98. The number of halogens is 1. The lowest BCUT2D eigenvalue weighted by Gasteiger charge is -2.12. The van der Waals surface area contributed by atoms with Gasteiger partial charge in [-0.1, -0.05) is 24.4 Å². The first kappa shape index (κ1) is 11.6. The van der Waals surface area contributed by atoms with Crippen LogP contribution in [0.1, 0.15) is 17.3 Å². The molecule has 1 atom stereocenters. The molecule has 80 valence electrons. The average Bonchev–Trinajstić information content (AvgIpc) is 2.18. The minimum atomic E-state index is -0.565. The average molecular weight is 226 g/mol. The lowest BCUT2D eigenvalue weighted by Crippen LogP contribution is -2.41. The minimum absolute atomic E-state index is 0.0133. The zero-order chi connectivity index (χ0) is 11.4. The third-order valence-electron chi connectivity index (χ3n) is 1.89. The van der Waals surface area contributed by atoms with Gasteiger partial charge in [0.25, 0.3) is 5.91 Å². The Kier molecular flexibility index (Phi) is 3.74.